The second-order valence-electron chi connectivity index (χ2n) is 4.08. The van der Waals surface area contributed by atoms with E-state index in [4.69, 9.17) is 10.5 Å². The van der Waals surface area contributed by atoms with Gasteiger partial charge in [-0.1, -0.05) is 0 Å². The number of hydrogen-bond donors (Lipinski definition) is 3. The molecule has 1 aromatic rings. The number of nitrogen functional groups attached to an aromatic ring is 1. The van der Waals surface area contributed by atoms with Crippen molar-refractivity contribution in [3.63, 3.8) is 0 Å². The van der Waals surface area contributed by atoms with E-state index in [0.29, 0.717) is 18.0 Å². The zero-order valence-corrected chi connectivity index (χ0v) is 12.1. The van der Waals surface area contributed by atoms with Crippen molar-refractivity contribution in [3.8, 4) is 0 Å². The van der Waals surface area contributed by atoms with Gasteiger partial charge in [0.25, 0.3) is 0 Å². The van der Waals surface area contributed by atoms with Gasteiger partial charge in [-0.05, 0) is 38.1 Å². The average molecular weight is 287 g/mol. The minimum atomic E-state index is -3.44. The number of methoxy groups -OCH3 is 1. The van der Waals surface area contributed by atoms with Gasteiger partial charge in [0.05, 0.1) is 16.3 Å². The maximum Gasteiger partial charge on any atom is 0.240 e. The second-order valence-corrected chi connectivity index (χ2v) is 5.97. The molecule has 0 amide bonds. The molecule has 0 saturated heterocycles. The van der Waals surface area contributed by atoms with E-state index < -0.39 is 10.0 Å². The Morgan fingerprint density at radius 2 is 2.05 bits per heavy atom. The summed E-state index contributed by atoms with van der Waals surface area (Å²) in [6.45, 7) is 1.43. The lowest BCUT2D eigenvalue weighted by Crippen LogP contribution is -2.19. The number of anilines is 2. The third-order valence-electron chi connectivity index (χ3n) is 2.69. The van der Waals surface area contributed by atoms with Crippen LogP contribution in [0.1, 0.15) is 12.8 Å². The summed E-state index contributed by atoms with van der Waals surface area (Å²) in [7, 11) is -0.400. The molecule has 0 bridgehead atoms. The van der Waals surface area contributed by atoms with Gasteiger partial charge in [0.15, 0.2) is 0 Å². The molecule has 0 aliphatic rings. The molecule has 0 heterocycles. The predicted molar refractivity (Wildman–Crippen MR) is 76.7 cm³/mol. The zero-order valence-electron chi connectivity index (χ0n) is 11.3. The lowest BCUT2D eigenvalue weighted by Gasteiger charge is -2.11. The molecule has 7 heteroatoms. The van der Waals surface area contributed by atoms with Crippen molar-refractivity contribution in [1.29, 1.82) is 0 Å². The third-order valence-corrected chi connectivity index (χ3v) is 4.11. The highest BCUT2D eigenvalue weighted by Gasteiger charge is 2.12. The van der Waals surface area contributed by atoms with Crippen molar-refractivity contribution in [3.05, 3.63) is 18.2 Å². The van der Waals surface area contributed by atoms with E-state index in [0.717, 1.165) is 19.4 Å². The Morgan fingerprint density at radius 3 is 2.68 bits per heavy atom. The number of unbranched alkanes of at least 4 members (excludes halogenated alkanes) is 1. The number of sulfonamides is 1. The normalized spacial score (nSPS) is 11.5. The molecule has 0 radical (unpaired) electrons. The first-order chi connectivity index (χ1) is 9.01. The molecule has 108 valence electrons. The lowest BCUT2D eigenvalue weighted by atomic mass is 10.2. The molecule has 0 aromatic heterocycles. The van der Waals surface area contributed by atoms with E-state index in [-0.39, 0.29) is 4.90 Å². The predicted octanol–water partition coefficient (Wildman–Crippen LogP) is 1.02. The Kier molecular flexibility index (Phi) is 6.07. The standard InChI is InChI=1S/C12H21N3O3S/c1-14-19(16,17)10-5-6-11(13)12(9-10)15-7-3-4-8-18-2/h5-6,9,14-15H,3-4,7-8,13H2,1-2H3. The van der Waals surface area contributed by atoms with E-state index in [2.05, 4.69) is 10.0 Å². The number of nitrogens with two attached hydrogens (primary N) is 1. The highest BCUT2D eigenvalue weighted by Crippen LogP contribution is 2.22. The average Bonchev–Trinajstić information content (AvgIpc) is 2.40. The van der Waals surface area contributed by atoms with E-state index in [1.807, 2.05) is 0 Å². The Bertz CT molecular complexity index is 503. The van der Waals surface area contributed by atoms with Gasteiger partial charge in [-0.25, -0.2) is 13.1 Å². The molecule has 0 fully saturated rings. The van der Waals surface area contributed by atoms with Crippen molar-refractivity contribution in [2.75, 3.05) is 38.4 Å². The maximum absolute atomic E-state index is 11.7. The number of hydrogen-bond acceptors (Lipinski definition) is 5. The summed E-state index contributed by atoms with van der Waals surface area (Å²) in [6.07, 6.45) is 1.87. The number of rotatable bonds is 8. The van der Waals surface area contributed by atoms with Gasteiger partial charge in [-0.2, -0.15) is 0 Å². The molecule has 0 atom stereocenters. The molecular formula is C12H21N3O3S. The van der Waals surface area contributed by atoms with E-state index in [9.17, 15) is 8.42 Å². The van der Waals surface area contributed by atoms with Gasteiger partial charge >= 0.3 is 0 Å². The molecule has 0 aliphatic heterocycles. The van der Waals surface area contributed by atoms with Crippen LogP contribution < -0.4 is 15.8 Å². The van der Waals surface area contributed by atoms with Crippen LogP contribution in [0, 0.1) is 0 Å². The fraction of sp³-hybridized carbons (Fsp3) is 0.500. The van der Waals surface area contributed by atoms with Crippen LogP contribution in [-0.2, 0) is 14.8 Å². The first-order valence-corrected chi connectivity index (χ1v) is 7.55. The number of ether oxygens (including phenoxy) is 1. The molecule has 1 rings (SSSR count). The van der Waals surface area contributed by atoms with Gasteiger partial charge in [0.2, 0.25) is 10.0 Å². The van der Waals surface area contributed by atoms with Crippen molar-refractivity contribution in [2.24, 2.45) is 0 Å². The van der Waals surface area contributed by atoms with Crippen molar-refractivity contribution >= 4 is 21.4 Å². The molecular weight excluding hydrogens is 266 g/mol. The Hall–Kier alpha value is -1.31. The molecule has 0 aliphatic carbocycles. The summed E-state index contributed by atoms with van der Waals surface area (Å²) in [4.78, 5) is 0.198. The van der Waals surface area contributed by atoms with Crippen LogP contribution in [-0.4, -0.2) is 35.7 Å². The Morgan fingerprint density at radius 1 is 1.32 bits per heavy atom. The summed E-state index contributed by atoms with van der Waals surface area (Å²) >= 11 is 0. The Balaban J connectivity index is 2.70. The van der Waals surface area contributed by atoms with E-state index in [1.54, 1.807) is 13.2 Å². The monoisotopic (exact) mass is 287 g/mol. The van der Waals surface area contributed by atoms with Gasteiger partial charge in [0.1, 0.15) is 0 Å². The second kappa shape index (κ2) is 7.32. The van der Waals surface area contributed by atoms with Crippen molar-refractivity contribution in [2.45, 2.75) is 17.7 Å². The first-order valence-electron chi connectivity index (χ1n) is 6.07. The highest BCUT2D eigenvalue weighted by molar-refractivity contribution is 7.89. The molecule has 0 saturated carbocycles. The van der Waals surface area contributed by atoms with Gasteiger partial charge in [-0.3, -0.25) is 0 Å². The summed E-state index contributed by atoms with van der Waals surface area (Å²) in [5, 5.41) is 3.14. The minimum absolute atomic E-state index is 0.198. The van der Waals surface area contributed by atoms with Gasteiger partial charge in [0, 0.05) is 20.3 Å². The molecule has 0 unspecified atom stereocenters. The van der Waals surface area contributed by atoms with Crippen LogP contribution in [0.25, 0.3) is 0 Å². The SMILES string of the molecule is CNS(=O)(=O)c1ccc(N)c(NCCCCOC)c1. The van der Waals surface area contributed by atoms with Crippen LogP contribution in [0.3, 0.4) is 0 Å². The maximum atomic E-state index is 11.7. The van der Waals surface area contributed by atoms with Crippen LogP contribution in [0.5, 0.6) is 0 Å². The van der Waals surface area contributed by atoms with E-state index in [1.165, 1.54) is 19.2 Å². The van der Waals surface area contributed by atoms with Crippen LogP contribution in [0.4, 0.5) is 11.4 Å². The molecule has 19 heavy (non-hydrogen) atoms. The minimum Gasteiger partial charge on any atom is -0.397 e. The number of benzene rings is 1. The van der Waals surface area contributed by atoms with Crippen molar-refractivity contribution < 1.29 is 13.2 Å². The third kappa shape index (κ3) is 4.70. The molecule has 4 N–H and O–H groups in total. The Labute approximate surface area is 114 Å². The molecule has 6 nitrogen and oxygen atoms in total. The summed E-state index contributed by atoms with van der Waals surface area (Å²) in [5.74, 6) is 0. The summed E-state index contributed by atoms with van der Waals surface area (Å²) in [5.41, 5.74) is 6.98. The largest absolute Gasteiger partial charge is 0.397 e. The fourth-order valence-corrected chi connectivity index (χ4v) is 2.32. The van der Waals surface area contributed by atoms with Crippen LogP contribution >= 0.6 is 0 Å². The summed E-state index contributed by atoms with van der Waals surface area (Å²) in [6, 6.07) is 4.61. The van der Waals surface area contributed by atoms with Crippen LogP contribution in [0.2, 0.25) is 0 Å². The quantitative estimate of drug-likeness (QED) is 0.490. The zero-order chi connectivity index (χ0) is 14.3. The topological polar surface area (TPSA) is 93.5 Å². The van der Waals surface area contributed by atoms with Gasteiger partial charge < -0.3 is 15.8 Å². The fourth-order valence-electron chi connectivity index (χ4n) is 1.57. The lowest BCUT2D eigenvalue weighted by molar-refractivity contribution is 0.194. The first kappa shape index (κ1) is 15.7. The van der Waals surface area contributed by atoms with Crippen LogP contribution in [0.15, 0.2) is 23.1 Å². The highest BCUT2D eigenvalue weighted by atomic mass is 32.2. The smallest absolute Gasteiger partial charge is 0.240 e. The van der Waals surface area contributed by atoms with Crippen molar-refractivity contribution in [1.82, 2.24) is 4.72 Å². The molecule has 0 spiro atoms. The molecule has 1 aromatic carbocycles. The van der Waals surface area contributed by atoms with Gasteiger partial charge in [-0.15, -0.1) is 0 Å². The van der Waals surface area contributed by atoms with E-state index >= 15 is 0 Å². The number of nitrogens with one attached hydrogen (secondary N) is 2. The summed E-state index contributed by atoms with van der Waals surface area (Å²) < 4.78 is 30.6.